The summed E-state index contributed by atoms with van der Waals surface area (Å²) in [5, 5.41) is 19.1. The summed E-state index contributed by atoms with van der Waals surface area (Å²) in [4.78, 5) is 13.9. The second-order valence-corrected chi connectivity index (χ2v) is 8.00. The molecule has 1 aliphatic carbocycles. The first-order valence-corrected chi connectivity index (χ1v) is 9.40. The first-order valence-electron chi connectivity index (χ1n) is 8.53. The Labute approximate surface area is 153 Å². The molecule has 2 aliphatic rings. The first kappa shape index (κ1) is 20.2. The van der Waals surface area contributed by atoms with E-state index in [1.165, 1.54) is 7.11 Å². The van der Waals surface area contributed by atoms with Gasteiger partial charge in [-0.15, -0.1) is 23.2 Å². The maximum Gasteiger partial charge on any atom is 0.254 e. The van der Waals surface area contributed by atoms with Gasteiger partial charge in [0.2, 0.25) is 0 Å². The third-order valence-electron chi connectivity index (χ3n) is 5.47. The molecule has 6 atom stereocenters. The Balaban J connectivity index is 1.88. The lowest BCUT2D eigenvalue weighted by molar-refractivity contribution is -0.145. The van der Waals surface area contributed by atoms with Gasteiger partial charge < -0.3 is 25.6 Å². The normalized spacial score (nSPS) is 34.8. The molecule has 1 amide bonds. The molecule has 1 saturated carbocycles. The molecule has 1 heterocycles. The Morgan fingerprint density at radius 2 is 1.88 bits per heavy atom. The molecule has 2 rings (SSSR count). The van der Waals surface area contributed by atoms with Gasteiger partial charge in [-0.05, 0) is 31.6 Å². The minimum Gasteiger partial charge on any atom is -0.393 e. The van der Waals surface area contributed by atoms with Gasteiger partial charge in [-0.2, -0.15) is 0 Å². The molecule has 0 spiro atoms. The number of likely N-dealkylation sites (tertiary alicyclic amines) is 1. The Morgan fingerprint density at radius 3 is 2.42 bits per heavy atom. The molecule has 1 aliphatic heterocycles. The average Bonchev–Trinajstić information content (AvgIpc) is 2.58. The monoisotopic (exact) mass is 382 g/mol. The Morgan fingerprint density at radius 1 is 1.29 bits per heavy atom. The number of ether oxygens (including phenoxy) is 1. The van der Waals surface area contributed by atoms with E-state index in [1.807, 2.05) is 0 Å². The Bertz CT molecular complexity index is 417. The summed E-state index contributed by atoms with van der Waals surface area (Å²) in [7, 11) is 1.42. The van der Waals surface area contributed by atoms with Gasteiger partial charge in [0, 0.05) is 32.2 Å². The maximum atomic E-state index is 12.2. The number of hydrogen-bond acceptors (Lipinski definition) is 5. The molecule has 0 bridgehead atoms. The number of carbonyl (C=O) groups is 1. The van der Waals surface area contributed by atoms with Crippen LogP contribution in [0, 0.1) is 11.8 Å². The third kappa shape index (κ3) is 4.54. The smallest absolute Gasteiger partial charge is 0.254 e. The molecule has 0 aromatic rings. The number of nitrogens with two attached hydrogens (primary N) is 1. The summed E-state index contributed by atoms with van der Waals surface area (Å²) < 4.78 is 4.99. The van der Waals surface area contributed by atoms with Crippen molar-refractivity contribution in [2.45, 2.75) is 54.7 Å². The van der Waals surface area contributed by atoms with Crippen molar-refractivity contribution in [1.29, 1.82) is 0 Å². The van der Waals surface area contributed by atoms with Crippen molar-refractivity contribution in [1.82, 2.24) is 4.90 Å². The number of nitrogens with zero attached hydrogens (tertiary/aromatic N) is 1. The van der Waals surface area contributed by atoms with Crippen molar-refractivity contribution < 1.29 is 19.7 Å². The average molecular weight is 383 g/mol. The third-order valence-corrected chi connectivity index (χ3v) is 6.56. The van der Waals surface area contributed by atoms with Gasteiger partial charge in [0.25, 0.3) is 5.91 Å². The van der Waals surface area contributed by atoms with E-state index in [2.05, 4.69) is 0 Å². The van der Waals surface area contributed by atoms with Crippen molar-refractivity contribution >= 4 is 29.1 Å². The molecule has 0 aromatic carbocycles. The van der Waals surface area contributed by atoms with Crippen LogP contribution in [0.15, 0.2) is 0 Å². The van der Waals surface area contributed by atoms with Gasteiger partial charge in [0.1, 0.15) is 0 Å². The Hall–Kier alpha value is -0.110. The maximum absolute atomic E-state index is 12.2. The highest BCUT2D eigenvalue weighted by atomic mass is 35.5. The number of halogens is 2. The Kier molecular flexibility index (Phi) is 7.59. The summed E-state index contributed by atoms with van der Waals surface area (Å²) in [5.74, 6) is -0.00555. The van der Waals surface area contributed by atoms with Crippen LogP contribution < -0.4 is 5.73 Å². The molecule has 2 fully saturated rings. The van der Waals surface area contributed by atoms with E-state index in [9.17, 15) is 9.90 Å². The van der Waals surface area contributed by atoms with Crippen LogP contribution in [0.4, 0.5) is 0 Å². The molecule has 4 unspecified atom stereocenters. The summed E-state index contributed by atoms with van der Waals surface area (Å²) in [6.07, 6.45) is 1.31. The van der Waals surface area contributed by atoms with E-state index in [-0.39, 0.29) is 41.1 Å². The fourth-order valence-corrected chi connectivity index (χ4v) is 4.44. The lowest BCUT2D eigenvalue weighted by atomic mass is 9.74. The van der Waals surface area contributed by atoms with Crippen LogP contribution in [-0.4, -0.2) is 76.8 Å². The summed E-state index contributed by atoms with van der Waals surface area (Å²) in [6, 6.07) is -0.154. The molecule has 1 saturated heterocycles. The van der Waals surface area contributed by atoms with Crippen LogP contribution in [-0.2, 0) is 9.53 Å². The van der Waals surface area contributed by atoms with Crippen LogP contribution in [0.3, 0.4) is 0 Å². The van der Waals surface area contributed by atoms with Crippen molar-refractivity contribution in [3.8, 4) is 0 Å². The van der Waals surface area contributed by atoms with Gasteiger partial charge in [0.15, 0.2) is 6.10 Å². The quantitative estimate of drug-likeness (QED) is 0.603. The number of hydrogen-bond donors (Lipinski definition) is 3. The van der Waals surface area contributed by atoms with Crippen molar-refractivity contribution in [2.24, 2.45) is 17.6 Å². The number of aliphatic hydroxyl groups is 2. The lowest BCUT2D eigenvalue weighted by Gasteiger charge is -2.42. The second-order valence-electron chi connectivity index (χ2n) is 6.88. The standard InChI is InChI=1S/C16H28Cl2N2O4/c1-24-14(8-21)16(23)20-4-2-9(3-5-20)15(19)10-6-11(17)12(18)7-13(10)22/h9-15,21-22H,2-8,19H2,1H3/t10?,11?,12?,13?,14-,15+/m0/s1. The minimum atomic E-state index is -0.798. The van der Waals surface area contributed by atoms with Crippen LogP contribution in [0.25, 0.3) is 0 Å². The van der Waals surface area contributed by atoms with E-state index in [0.29, 0.717) is 25.9 Å². The molecule has 6 nitrogen and oxygen atoms in total. The second kappa shape index (κ2) is 9.01. The van der Waals surface area contributed by atoms with E-state index >= 15 is 0 Å². The van der Waals surface area contributed by atoms with Crippen LogP contribution >= 0.6 is 23.2 Å². The molecule has 8 heteroatoms. The predicted molar refractivity (Wildman–Crippen MR) is 93.2 cm³/mol. The van der Waals surface area contributed by atoms with E-state index in [4.69, 9.17) is 38.8 Å². The molecule has 140 valence electrons. The summed E-state index contributed by atoms with van der Waals surface area (Å²) in [5.41, 5.74) is 6.43. The summed E-state index contributed by atoms with van der Waals surface area (Å²) in [6.45, 7) is 0.852. The van der Waals surface area contributed by atoms with Gasteiger partial charge in [0.05, 0.1) is 23.5 Å². The highest BCUT2D eigenvalue weighted by Gasteiger charge is 2.41. The fraction of sp³-hybridized carbons (Fsp3) is 0.938. The number of aliphatic hydroxyl groups excluding tert-OH is 2. The number of carbonyl (C=O) groups excluding carboxylic acids is 1. The highest BCUT2D eigenvalue weighted by Crippen LogP contribution is 2.36. The number of rotatable bonds is 5. The van der Waals surface area contributed by atoms with Crippen molar-refractivity contribution in [2.75, 3.05) is 26.8 Å². The predicted octanol–water partition coefficient (Wildman–Crippen LogP) is 0.545. The zero-order valence-electron chi connectivity index (χ0n) is 14.0. The van der Waals surface area contributed by atoms with E-state index < -0.39 is 12.2 Å². The molecule has 4 N–H and O–H groups in total. The number of alkyl halides is 2. The summed E-state index contributed by atoms with van der Waals surface area (Å²) >= 11 is 12.4. The van der Waals surface area contributed by atoms with Crippen LogP contribution in [0.5, 0.6) is 0 Å². The molecule has 0 radical (unpaired) electrons. The van der Waals surface area contributed by atoms with Crippen LogP contribution in [0.1, 0.15) is 25.7 Å². The SMILES string of the molecule is CO[C@@H](CO)C(=O)N1CCC([C@@H](N)C2CC(Cl)C(Cl)CC2O)CC1. The molecular weight excluding hydrogens is 355 g/mol. The fourth-order valence-electron chi connectivity index (χ4n) is 3.84. The molecular formula is C16H28Cl2N2O4. The van der Waals surface area contributed by atoms with E-state index in [0.717, 1.165) is 12.8 Å². The van der Waals surface area contributed by atoms with Crippen LogP contribution in [0.2, 0.25) is 0 Å². The minimum absolute atomic E-state index is 0.0566. The molecule has 0 aromatic heterocycles. The zero-order chi connectivity index (χ0) is 17.9. The number of methoxy groups -OCH3 is 1. The van der Waals surface area contributed by atoms with Gasteiger partial charge in [-0.1, -0.05) is 0 Å². The lowest BCUT2D eigenvalue weighted by Crippen LogP contribution is -2.53. The molecule has 24 heavy (non-hydrogen) atoms. The number of piperidine rings is 1. The topological polar surface area (TPSA) is 96.0 Å². The zero-order valence-corrected chi connectivity index (χ0v) is 15.5. The van der Waals surface area contributed by atoms with E-state index in [1.54, 1.807) is 4.90 Å². The van der Waals surface area contributed by atoms with Crippen molar-refractivity contribution in [3.05, 3.63) is 0 Å². The van der Waals surface area contributed by atoms with Crippen molar-refractivity contribution in [3.63, 3.8) is 0 Å². The van der Waals surface area contributed by atoms with Gasteiger partial charge in [-0.3, -0.25) is 4.79 Å². The highest BCUT2D eigenvalue weighted by molar-refractivity contribution is 6.30. The first-order chi connectivity index (χ1) is 11.4. The van der Waals surface area contributed by atoms with Gasteiger partial charge in [-0.25, -0.2) is 0 Å². The number of amides is 1. The largest absolute Gasteiger partial charge is 0.393 e. The van der Waals surface area contributed by atoms with Gasteiger partial charge >= 0.3 is 0 Å².